The first-order valence-electron chi connectivity index (χ1n) is 6.25. The molecule has 0 bridgehead atoms. The van der Waals surface area contributed by atoms with Crippen LogP contribution in [0.25, 0.3) is 0 Å². The van der Waals surface area contributed by atoms with Crippen molar-refractivity contribution in [3.05, 3.63) is 28.7 Å². The fraction of sp³-hybridized carbons (Fsp3) is 0.462. The SMILES string of the molecule is COC[C@H](C)NC(=O)CN(c1ccc(Br)cc1)S(C)(=O)=O. The summed E-state index contributed by atoms with van der Waals surface area (Å²) in [6.45, 7) is 1.88. The topological polar surface area (TPSA) is 75.7 Å². The van der Waals surface area contributed by atoms with E-state index in [9.17, 15) is 13.2 Å². The van der Waals surface area contributed by atoms with Gasteiger partial charge in [-0.1, -0.05) is 15.9 Å². The third-order valence-electron chi connectivity index (χ3n) is 2.63. The molecule has 0 aliphatic heterocycles. The maximum atomic E-state index is 11.9. The molecular formula is C13H19BrN2O4S. The molecule has 0 saturated carbocycles. The monoisotopic (exact) mass is 378 g/mol. The van der Waals surface area contributed by atoms with Crippen LogP contribution in [0.1, 0.15) is 6.92 Å². The Hall–Kier alpha value is -1.12. The molecule has 1 N–H and O–H groups in total. The number of methoxy groups -OCH3 is 1. The second-order valence-electron chi connectivity index (χ2n) is 4.67. The minimum absolute atomic E-state index is 0.186. The average Bonchev–Trinajstić information content (AvgIpc) is 2.36. The van der Waals surface area contributed by atoms with Crippen LogP contribution < -0.4 is 9.62 Å². The Bertz CT molecular complexity index is 574. The van der Waals surface area contributed by atoms with Crippen molar-refractivity contribution >= 4 is 37.5 Å². The zero-order chi connectivity index (χ0) is 16.0. The van der Waals surface area contributed by atoms with Crippen LogP contribution in [0.2, 0.25) is 0 Å². The van der Waals surface area contributed by atoms with Gasteiger partial charge in [0, 0.05) is 17.6 Å². The smallest absolute Gasteiger partial charge is 0.241 e. The average molecular weight is 379 g/mol. The highest BCUT2D eigenvalue weighted by molar-refractivity contribution is 9.10. The molecular weight excluding hydrogens is 360 g/mol. The zero-order valence-electron chi connectivity index (χ0n) is 12.2. The molecule has 21 heavy (non-hydrogen) atoms. The van der Waals surface area contributed by atoms with Gasteiger partial charge in [-0.25, -0.2) is 8.42 Å². The summed E-state index contributed by atoms with van der Waals surface area (Å²) in [5, 5.41) is 2.69. The number of carbonyl (C=O) groups excluding carboxylic acids is 1. The number of nitrogens with one attached hydrogen (secondary N) is 1. The molecule has 1 aromatic carbocycles. The lowest BCUT2D eigenvalue weighted by Crippen LogP contribution is -2.44. The van der Waals surface area contributed by atoms with Crippen molar-refractivity contribution in [2.24, 2.45) is 0 Å². The molecule has 0 spiro atoms. The van der Waals surface area contributed by atoms with Crippen LogP contribution in [0.4, 0.5) is 5.69 Å². The van der Waals surface area contributed by atoms with E-state index in [0.717, 1.165) is 15.0 Å². The number of halogens is 1. The van der Waals surface area contributed by atoms with Crippen molar-refractivity contribution in [3.8, 4) is 0 Å². The molecule has 6 nitrogen and oxygen atoms in total. The molecule has 0 aromatic heterocycles. The number of hydrogen-bond acceptors (Lipinski definition) is 4. The molecule has 0 aliphatic carbocycles. The van der Waals surface area contributed by atoms with Crippen molar-refractivity contribution in [1.82, 2.24) is 5.32 Å². The highest BCUT2D eigenvalue weighted by atomic mass is 79.9. The number of amides is 1. The predicted octanol–water partition coefficient (Wildman–Crippen LogP) is 1.37. The van der Waals surface area contributed by atoms with E-state index in [2.05, 4.69) is 21.2 Å². The van der Waals surface area contributed by atoms with Crippen LogP contribution in [-0.2, 0) is 19.6 Å². The van der Waals surface area contributed by atoms with Crippen LogP contribution in [0, 0.1) is 0 Å². The van der Waals surface area contributed by atoms with Crippen molar-refractivity contribution in [3.63, 3.8) is 0 Å². The second-order valence-corrected chi connectivity index (χ2v) is 7.49. The maximum absolute atomic E-state index is 11.9. The van der Waals surface area contributed by atoms with E-state index in [0.29, 0.717) is 12.3 Å². The minimum atomic E-state index is -3.55. The third-order valence-corrected chi connectivity index (χ3v) is 4.30. The van der Waals surface area contributed by atoms with Gasteiger partial charge in [0.25, 0.3) is 0 Å². The second kappa shape index (κ2) is 7.77. The molecule has 0 fully saturated rings. The number of hydrogen-bond donors (Lipinski definition) is 1. The Morgan fingerprint density at radius 1 is 1.38 bits per heavy atom. The van der Waals surface area contributed by atoms with Gasteiger partial charge in [0.15, 0.2) is 0 Å². The number of rotatable bonds is 7. The predicted molar refractivity (Wildman–Crippen MR) is 85.8 cm³/mol. The van der Waals surface area contributed by atoms with Crippen LogP contribution in [0.15, 0.2) is 28.7 Å². The normalized spacial score (nSPS) is 12.8. The number of sulfonamides is 1. The molecule has 1 amide bonds. The lowest BCUT2D eigenvalue weighted by molar-refractivity contribution is -0.120. The van der Waals surface area contributed by atoms with Gasteiger partial charge < -0.3 is 10.1 Å². The van der Waals surface area contributed by atoms with Crippen LogP contribution >= 0.6 is 15.9 Å². The molecule has 0 saturated heterocycles. The summed E-state index contributed by atoms with van der Waals surface area (Å²) >= 11 is 3.28. The van der Waals surface area contributed by atoms with Crippen molar-refractivity contribution in [1.29, 1.82) is 0 Å². The first-order valence-corrected chi connectivity index (χ1v) is 8.89. The summed E-state index contributed by atoms with van der Waals surface area (Å²) in [7, 11) is -2.01. The fourth-order valence-corrected chi connectivity index (χ4v) is 2.87. The number of carbonyl (C=O) groups is 1. The van der Waals surface area contributed by atoms with Gasteiger partial charge in [0.2, 0.25) is 15.9 Å². The van der Waals surface area contributed by atoms with E-state index in [1.54, 1.807) is 31.2 Å². The van der Waals surface area contributed by atoms with E-state index in [1.165, 1.54) is 7.11 Å². The van der Waals surface area contributed by atoms with Crippen molar-refractivity contribution in [2.75, 3.05) is 30.8 Å². The maximum Gasteiger partial charge on any atom is 0.241 e. The largest absolute Gasteiger partial charge is 0.383 e. The van der Waals surface area contributed by atoms with Gasteiger partial charge in [-0.2, -0.15) is 0 Å². The van der Waals surface area contributed by atoms with E-state index in [4.69, 9.17) is 4.74 Å². The summed E-state index contributed by atoms with van der Waals surface area (Å²) in [6, 6.07) is 6.53. The zero-order valence-corrected chi connectivity index (χ0v) is 14.6. The van der Waals surface area contributed by atoms with Crippen molar-refractivity contribution < 1.29 is 17.9 Å². The highest BCUT2D eigenvalue weighted by Gasteiger charge is 2.21. The molecule has 1 atom stereocenters. The number of ether oxygens (including phenoxy) is 1. The van der Waals surface area contributed by atoms with Gasteiger partial charge in [0.1, 0.15) is 6.54 Å². The molecule has 0 radical (unpaired) electrons. The fourth-order valence-electron chi connectivity index (χ4n) is 1.75. The first-order chi connectivity index (χ1) is 9.74. The van der Waals surface area contributed by atoms with Gasteiger partial charge in [-0.15, -0.1) is 0 Å². The van der Waals surface area contributed by atoms with Crippen LogP contribution in [0.3, 0.4) is 0 Å². The van der Waals surface area contributed by atoms with Crippen LogP contribution in [-0.4, -0.2) is 46.9 Å². The Labute approximate surface area is 133 Å². The van der Waals surface area contributed by atoms with Gasteiger partial charge in [0.05, 0.1) is 18.6 Å². The standard InChI is InChI=1S/C13H19BrN2O4S/c1-10(9-20-2)15-13(17)8-16(21(3,18)19)12-6-4-11(14)5-7-12/h4-7,10H,8-9H2,1-3H3,(H,15,17)/t10-/m0/s1. The van der Waals surface area contributed by atoms with E-state index in [1.807, 2.05) is 0 Å². The summed E-state index contributed by atoms with van der Waals surface area (Å²) in [5.41, 5.74) is 0.440. The Morgan fingerprint density at radius 3 is 2.43 bits per heavy atom. The summed E-state index contributed by atoms with van der Waals surface area (Å²) in [4.78, 5) is 11.9. The van der Waals surface area contributed by atoms with Gasteiger partial charge in [-0.05, 0) is 31.2 Å². The van der Waals surface area contributed by atoms with Crippen LogP contribution in [0.5, 0.6) is 0 Å². The number of benzene rings is 1. The minimum Gasteiger partial charge on any atom is -0.383 e. The molecule has 1 rings (SSSR count). The Morgan fingerprint density at radius 2 is 1.95 bits per heavy atom. The number of anilines is 1. The summed E-state index contributed by atoms with van der Waals surface area (Å²) in [5.74, 6) is -0.382. The summed E-state index contributed by atoms with van der Waals surface area (Å²) < 4.78 is 30.6. The molecule has 0 heterocycles. The Balaban J connectivity index is 2.86. The van der Waals surface area contributed by atoms with E-state index >= 15 is 0 Å². The first kappa shape index (κ1) is 17.9. The third kappa shape index (κ3) is 6.03. The lowest BCUT2D eigenvalue weighted by Gasteiger charge is -2.23. The lowest BCUT2D eigenvalue weighted by atomic mass is 10.3. The molecule has 0 aliphatic rings. The van der Waals surface area contributed by atoms with Gasteiger partial charge in [-0.3, -0.25) is 9.10 Å². The Kier molecular flexibility index (Phi) is 6.63. The molecule has 0 unspecified atom stereocenters. The summed E-state index contributed by atoms with van der Waals surface area (Å²) in [6.07, 6.45) is 1.07. The quantitative estimate of drug-likeness (QED) is 0.777. The molecule has 8 heteroatoms. The number of nitrogens with zero attached hydrogens (tertiary/aromatic N) is 1. The molecule has 1 aromatic rings. The van der Waals surface area contributed by atoms with E-state index in [-0.39, 0.29) is 18.5 Å². The van der Waals surface area contributed by atoms with E-state index < -0.39 is 10.0 Å². The highest BCUT2D eigenvalue weighted by Crippen LogP contribution is 2.20. The van der Waals surface area contributed by atoms with Crippen molar-refractivity contribution in [2.45, 2.75) is 13.0 Å². The van der Waals surface area contributed by atoms with Gasteiger partial charge >= 0.3 is 0 Å². The molecule has 118 valence electrons.